The van der Waals surface area contributed by atoms with Gasteiger partial charge in [-0.25, -0.2) is 0 Å². The third kappa shape index (κ3) is 12.9. The Morgan fingerprint density at radius 1 is 0.737 bits per heavy atom. The quantitative estimate of drug-likeness (QED) is 0.539. The molecule has 0 unspecified atom stereocenters. The zero-order valence-electron chi connectivity index (χ0n) is 14.0. The van der Waals surface area contributed by atoms with Crippen LogP contribution in [0.15, 0.2) is 42.6 Å². The summed E-state index contributed by atoms with van der Waals surface area (Å²) in [5, 5.41) is 1.20. The highest BCUT2D eigenvalue weighted by molar-refractivity contribution is 5.77. The summed E-state index contributed by atoms with van der Waals surface area (Å²) < 4.78 is 0. The number of benzene rings is 1. The molecule has 0 aliphatic rings. The van der Waals surface area contributed by atoms with Crippen LogP contribution in [0.2, 0.25) is 0 Å². The lowest BCUT2D eigenvalue weighted by Gasteiger charge is -2.05. The first-order valence-electron chi connectivity index (χ1n) is 7.26. The number of para-hydroxylation sites is 1. The van der Waals surface area contributed by atoms with Crippen molar-refractivity contribution in [3.8, 4) is 0 Å². The summed E-state index contributed by atoms with van der Waals surface area (Å²) in [4.78, 5) is 4.18. The van der Waals surface area contributed by atoms with Crippen molar-refractivity contribution >= 4 is 10.9 Å². The van der Waals surface area contributed by atoms with Crippen molar-refractivity contribution in [3.63, 3.8) is 0 Å². The lowest BCUT2D eigenvalue weighted by atomic mass is 10.0. The molecule has 0 saturated carbocycles. The largest absolute Gasteiger partial charge is 0.256 e. The molecule has 2 aromatic rings. The summed E-state index contributed by atoms with van der Waals surface area (Å²) in [6.45, 7) is 16.8. The highest BCUT2D eigenvalue weighted by Crippen LogP contribution is 2.08. The van der Waals surface area contributed by atoms with Crippen molar-refractivity contribution < 1.29 is 0 Å². The standard InChI is InChI=1S/C9H7N.C5H12.2C2H6/c1-2-6-9-8(4-1)5-3-7-10-9;1-5(2,3)4;2*1-2/h1-7H;1-4H3;2*1-2H3. The van der Waals surface area contributed by atoms with Gasteiger partial charge < -0.3 is 0 Å². The maximum Gasteiger partial charge on any atom is 0.0701 e. The van der Waals surface area contributed by atoms with Crippen LogP contribution in [0, 0.1) is 5.41 Å². The van der Waals surface area contributed by atoms with Crippen molar-refractivity contribution in [2.75, 3.05) is 0 Å². The third-order valence-corrected chi connectivity index (χ3v) is 1.51. The molecule has 0 spiro atoms. The Morgan fingerprint density at radius 2 is 1.16 bits per heavy atom. The Balaban J connectivity index is 0. The van der Waals surface area contributed by atoms with Crippen molar-refractivity contribution in [2.45, 2.75) is 55.4 Å². The van der Waals surface area contributed by atoms with Crippen LogP contribution in [0.3, 0.4) is 0 Å². The van der Waals surface area contributed by atoms with Gasteiger partial charge in [-0.15, -0.1) is 0 Å². The van der Waals surface area contributed by atoms with Crippen LogP contribution < -0.4 is 0 Å². The molecular weight excluding hydrogens is 230 g/mol. The smallest absolute Gasteiger partial charge is 0.0701 e. The fourth-order valence-electron chi connectivity index (χ4n) is 1.02. The van der Waals surface area contributed by atoms with Gasteiger partial charge in [-0.3, -0.25) is 4.98 Å². The second-order valence-corrected chi connectivity index (χ2v) is 5.20. The monoisotopic (exact) mass is 261 g/mol. The zero-order chi connectivity index (χ0) is 15.3. The fourth-order valence-corrected chi connectivity index (χ4v) is 1.02. The lowest BCUT2D eigenvalue weighted by Crippen LogP contribution is -1.93. The van der Waals surface area contributed by atoms with Gasteiger partial charge in [0.1, 0.15) is 0 Å². The molecule has 0 aliphatic heterocycles. The molecule has 0 fully saturated rings. The van der Waals surface area contributed by atoms with E-state index in [1.54, 1.807) is 0 Å². The number of hydrogen-bond donors (Lipinski definition) is 0. The van der Waals surface area contributed by atoms with Gasteiger partial charge in [-0.1, -0.05) is 79.7 Å². The summed E-state index contributed by atoms with van der Waals surface area (Å²) in [6.07, 6.45) is 1.81. The van der Waals surface area contributed by atoms with E-state index < -0.39 is 0 Å². The van der Waals surface area contributed by atoms with Crippen molar-refractivity contribution in [1.29, 1.82) is 0 Å². The molecule has 1 nitrogen and oxygen atoms in total. The minimum absolute atomic E-state index is 0.500. The fraction of sp³-hybridized carbons (Fsp3) is 0.500. The van der Waals surface area contributed by atoms with Crippen molar-refractivity contribution in [2.24, 2.45) is 5.41 Å². The molecule has 1 heteroatoms. The second kappa shape index (κ2) is 11.7. The Kier molecular flexibility index (Phi) is 12.3. The zero-order valence-corrected chi connectivity index (χ0v) is 14.0. The number of pyridine rings is 1. The molecule has 1 aromatic carbocycles. The van der Waals surface area contributed by atoms with Crippen LogP contribution in [0.25, 0.3) is 10.9 Å². The molecular formula is C18H31N. The predicted octanol–water partition coefficient (Wildman–Crippen LogP) is 6.34. The number of fused-ring (bicyclic) bond motifs is 1. The van der Waals surface area contributed by atoms with E-state index in [1.165, 1.54) is 5.39 Å². The number of nitrogens with zero attached hydrogens (tertiary/aromatic N) is 1. The van der Waals surface area contributed by atoms with Gasteiger partial charge >= 0.3 is 0 Å². The molecule has 0 atom stereocenters. The van der Waals surface area contributed by atoms with Crippen LogP contribution in [0.1, 0.15) is 55.4 Å². The van der Waals surface area contributed by atoms with Crippen molar-refractivity contribution in [1.82, 2.24) is 4.98 Å². The highest BCUT2D eigenvalue weighted by Gasteiger charge is 1.95. The lowest BCUT2D eigenvalue weighted by molar-refractivity contribution is 0.469. The maximum atomic E-state index is 4.18. The van der Waals surface area contributed by atoms with E-state index in [0.29, 0.717) is 5.41 Å². The topological polar surface area (TPSA) is 12.9 Å². The molecule has 2 rings (SSSR count). The first-order valence-corrected chi connectivity index (χ1v) is 7.26. The molecule has 19 heavy (non-hydrogen) atoms. The molecule has 108 valence electrons. The van der Waals surface area contributed by atoms with Crippen LogP contribution in [-0.2, 0) is 0 Å². The van der Waals surface area contributed by atoms with E-state index in [2.05, 4.69) is 44.8 Å². The Labute approximate surface area is 120 Å². The van der Waals surface area contributed by atoms with Crippen LogP contribution in [0.4, 0.5) is 0 Å². The van der Waals surface area contributed by atoms with E-state index in [9.17, 15) is 0 Å². The van der Waals surface area contributed by atoms with Gasteiger partial charge in [0.05, 0.1) is 5.52 Å². The van der Waals surface area contributed by atoms with E-state index in [4.69, 9.17) is 0 Å². The average Bonchev–Trinajstić information content (AvgIpc) is 2.42. The highest BCUT2D eigenvalue weighted by atomic mass is 14.6. The van der Waals surface area contributed by atoms with Gasteiger partial charge in [0, 0.05) is 11.6 Å². The summed E-state index contributed by atoms with van der Waals surface area (Å²) in [7, 11) is 0. The summed E-state index contributed by atoms with van der Waals surface area (Å²) in [5.74, 6) is 0. The van der Waals surface area contributed by atoms with Crippen LogP contribution in [-0.4, -0.2) is 4.98 Å². The number of aromatic nitrogens is 1. The van der Waals surface area contributed by atoms with E-state index in [1.807, 2.05) is 58.2 Å². The number of rotatable bonds is 0. The Morgan fingerprint density at radius 3 is 1.63 bits per heavy atom. The molecule has 0 bridgehead atoms. The normalized spacial score (nSPS) is 9.05. The second-order valence-electron chi connectivity index (χ2n) is 5.20. The van der Waals surface area contributed by atoms with Crippen LogP contribution in [0.5, 0.6) is 0 Å². The molecule has 1 heterocycles. The summed E-state index contributed by atoms with van der Waals surface area (Å²) in [5.41, 5.74) is 1.56. The minimum Gasteiger partial charge on any atom is -0.256 e. The molecule has 1 aromatic heterocycles. The Bertz CT molecular complexity index is 342. The van der Waals surface area contributed by atoms with Gasteiger partial charge in [0.15, 0.2) is 0 Å². The van der Waals surface area contributed by atoms with Gasteiger partial charge in [-0.2, -0.15) is 0 Å². The molecule has 0 amide bonds. The summed E-state index contributed by atoms with van der Waals surface area (Å²) in [6, 6.07) is 12.1. The first kappa shape index (κ1) is 20.0. The van der Waals surface area contributed by atoms with Gasteiger partial charge in [0.2, 0.25) is 0 Å². The SMILES string of the molecule is CC.CC.CC(C)(C)C.c1ccc2ncccc2c1. The molecule has 0 saturated heterocycles. The first-order chi connectivity index (χ1) is 8.97. The van der Waals surface area contributed by atoms with E-state index >= 15 is 0 Å². The van der Waals surface area contributed by atoms with E-state index in [-0.39, 0.29) is 0 Å². The molecule has 0 aliphatic carbocycles. The third-order valence-electron chi connectivity index (χ3n) is 1.51. The molecule has 0 radical (unpaired) electrons. The maximum absolute atomic E-state index is 4.18. The van der Waals surface area contributed by atoms with Crippen molar-refractivity contribution in [3.05, 3.63) is 42.6 Å². The number of hydrogen-bond acceptors (Lipinski definition) is 1. The van der Waals surface area contributed by atoms with Crippen LogP contribution >= 0.6 is 0 Å². The summed E-state index contributed by atoms with van der Waals surface area (Å²) >= 11 is 0. The minimum atomic E-state index is 0.500. The molecule has 0 N–H and O–H groups in total. The Hall–Kier alpha value is -1.37. The van der Waals surface area contributed by atoms with Gasteiger partial charge in [-0.05, 0) is 17.5 Å². The predicted molar refractivity (Wildman–Crippen MR) is 89.6 cm³/mol. The van der Waals surface area contributed by atoms with E-state index in [0.717, 1.165) is 5.52 Å². The van der Waals surface area contributed by atoms with Gasteiger partial charge in [0.25, 0.3) is 0 Å². The average molecular weight is 261 g/mol.